The molecular weight excluding hydrogens is 342 g/mol. The van der Waals surface area contributed by atoms with Crippen molar-refractivity contribution in [3.8, 4) is 0 Å². The maximum Gasteiger partial charge on any atom is 0.255 e. The van der Waals surface area contributed by atoms with Crippen molar-refractivity contribution in [3.63, 3.8) is 0 Å². The lowest BCUT2D eigenvalue weighted by Gasteiger charge is -2.09. The molecule has 0 radical (unpaired) electrons. The third kappa shape index (κ3) is 3.46. The summed E-state index contributed by atoms with van der Waals surface area (Å²) in [5.74, 6) is -0.421. The summed E-state index contributed by atoms with van der Waals surface area (Å²) in [6.45, 7) is 1.46. The fourth-order valence-electron chi connectivity index (χ4n) is 1.78. The molecule has 0 aliphatic carbocycles. The number of ketones is 1. The van der Waals surface area contributed by atoms with Crippen molar-refractivity contribution >= 4 is 44.9 Å². The molecule has 0 aromatic heterocycles. The number of carbonyl (C=O) groups is 2. The average molecular weight is 353 g/mol. The Bertz CT molecular complexity index is 665. The number of nitrogens with one attached hydrogen (secondary N) is 1. The molecule has 0 atom stereocenters. The lowest BCUT2D eigenvalue weighted by molar-refractivity contribution is 0.101. The van der Waals surface area contributed by atoms with Crippen molar-refractivity contribution in [2.75, 3.05) is 5.32 Å². The van der Waals surface area contributed by atoms with Gasteiger partial charge in [-0.1, -0.05) is 39.7 Å². The van der Waals surface area contributed by atoms with Crippen LogP contribution in [0, 0.1) is 0 Å². The lowest BCUT2D eigenvalue weighted by atomic mass is 10.1. The highest BCUT2D eigenvalue weighted by atomic mass is 79.9. The third-order valence-corrected chi connectivity index (χ3v) is 3.36. The molecule has 102 valence electrons. The van der Waals surface area contributed by atoms with Gasteiger partial charge < -0.3 is 5.32 Å². The van der Waals surface area contributed by atoms with Crippen LogP contribution in [0.2, 0.25) is 5.02 Å². The number of benzene rings is 2. The fourth-order valence-corrected chi connectivity index (χ4v) is 2.64. The van der Waals surface area contributed by atoms with E-state index in [1.807, 2.05) is 0 Å². The van der Waals surface area contributed by atoms with Gasteiger partial charge in [-0.2, -0.15) is 0 Å². The predicted octanol–water partition coefficient (Wildman–Crippen LogP) is 4.56. The van der Waals surface area contributed by atoms with Gasteiger partial charge in [0.15, 0.2) is 5.78 Å². The van der Waals surface area contributed by atoms with Gasteiger partial charge in [-0.3, -0.25) is 9.59 Å². The Balaban J connectivity index is 2.30. The van der Waals surface area contributed by atoms with Crippen LogP contribution in [0.1, 0.15) is 27.6 Å². The van der Waals surface area contributed by atoms with Gasteiger partial charge in [-0.25, -0.2) is 0 Å². The highest BCUT2D eigenvalue weighted by molar-refractivity contribution is 9.10. The molecule has 1 N–H and O–H groups in total. The Kier molecular flexibility index (Phi) is 4.57. The van der Waals surface area contributed by atoms with Crippen molar-refractivity contribution in [2.24, 2.45) is 0 Å². The molecule has 0 fully saturated rings. The summed E-state index contributed by atoms with van der Waals surface area (Å²) in [6.07, 6.45) is 0. The number of hydrogen-bond donors (Lipinski definition) is 1. The highest BCUT2D eigenvalue weighted by Gasteiger charge is 2.12. The van der Waals surface area contributed by atoms with E-state index in [0.29, 0.717) is 21.8 Å². The SMILES string of the molecule is CC(=O)c1ccccc1NC(=O)c1cc(Cl)cc(Br)c1. The van der Waals surface area contributed by atoms with Crippen molar-refractivity contribution in [2.45, 2.75) is 6.92 Å². The second-order valence-corrected chi connectivity index (χ2v) is 5.57. The number of anilines is 1. The van der Waals surface area contributed by atoms with Crippen LogP contribution in [0.5, 0.6) is 0 Å². The van der Waals surface area contributed by atoms with E-state index in [4.69, 9.17) is 11.6 Å². The molecule has 2 aromatic rings. The fraction of sp³-hybridized carbons (Fsp3) is 0.0667. The standard InChI is InChI=1S/C15H11BrClNO2/c1-9(19)13-4-2-3-5-14(13)18-15(20)10-6-11(16)8-12(17)7-10/h2-8H,1H3,(H,18,20). The molecule has 0 saturated carbocycles. The van der Waals surface area contributed by atoms with E-state index in [1.165, 1.54) is 6.92 Å². The van der Waals surface area contributed by atoms with Gasteiger partial charge in [0.1, 0.15) is 0 Å². The predicted molar refractivity (Wildman–Crippen MR) is 83.6 cm³/mol. The molecule has 1 amide bonds. The van der Waals surface area contributed by atoms with E-state index < -0.39 is 0 Å². The molecule has 3 nitrogen and oxygen atoms in total. The Labute approximate surface area is 130 Å². The van der Waals surface area contributed by atoms with Crippen LogP contribution >= 0.6 is 27.5 Å². The van der Waals surface area contributed by atoms with Crippen molar-refractivity contribution in [1.82, 2.24) is 0 Å². The first-order valence-corrected chi connectivity index (χ1v) is 7.02. The molecule has 0 aliphatic rings. The van der Waals surface area contributed by atoms with Gasteiger partial charge in [0, 0.05) is 20.6 Å². The Morgan fingerprint density at radius 3 is 2.50 bits per heavy atom. The first-order chi connectivity index (χ1) is 9.47. The summed E-state index contributed by atoms with van der Waals surface area (Å²) >= 11 is 9.20. The van der Waals surface area contributed by atoms with Crippen LogP contribution in [-0.4, -0.2) is 11.7 Å². The van der Waals surface area contributed by atoms with E-state index in [1.54, 1.807) is 42.5 Å². The van der Waals surface area contributed by atoms with Crippen LogP contribution in [0.25, 0.3) is 0 Å². The quantitative estimate of drug-likeness (QED) is 0.823. The molecule has 2 rings (SSSR count). The molecule has 0 bridgehead atoms. The first kappa shape index (κ1) is 14.8. The zero-order chi connectivity index (χ0) is 14.7. The molecular formula is C15H11BrClNO2. The van der Waals surface area contributed by atoms with Crippen LogP contribution in [0.3, 0.4) is 0 Å². The minimum Gasteiger partial charge on any atom is -0.321 e. The number of amides is 1. The molecule has 0 heterocycles. The summed E-state index contributed by atoms with van der Waals surface area (Å²) in [4.78, 5) is 23.7. The number of rotatable bonds is 3. The maximum absolute atomic E-state index is 12.2. The van der Waals surface area contributed by atoms with Gasteiger partial charge in [0.2, 0.25) is 0 Å². The third-order valence-electron chi connectivity index (χ3n) is 2.68. The zero-order valence-corrected chi connectivity index (χ0v) is 13.0. The number of hydrogen-bond acceptors (Lipinski definition) is 2. The van der Waals surface area contributed by atoms with Crippen LogP contribution in [0.4, 0.5) is 5.69 Å². The second kappa shape index (κ2) is 6.20. The average Bonchev–Trinajstić information content (AvgIpc) is 2.37. The lowest BCUT2D eigenvalue weighted by Crippen LogP contribution is -2.14. The van der Waals surface area contributed by atoms with Gasteiger partial charge >= 0.3 is 0 Å². The normalized spacial score (nSPS) is 10.2. The molecule has 0 aliphatic heterocycles. The molecule has 2 aromatic carbocycles. The second-order valence-electron chi connectivity index (χ2n) is 4.21. The number of halogens is 2. The number of Topliss-reactive ketones (excluding diaryl/α,β-unsaturated/α-hetero) is 1. The van der Waals surface area contributed by atoms with Crippen LogP contribution in [0.15, 0.2) is 46.9 Å². The Morgan fingerprint density at radius 2 is 1.85 bits per heavy atom. The minimum atomic E-state index is -0.318. The van der Waals surface area contributed by atoms with E-state index >= 15 is 0 Å². The van der Waals surface area contributed by atoms with Crippen LogP contribution < -0.4 is 5.32 Å². The van der Waals surface area contributed by atoms with Gasteiger partial charge in [0.25, 0.3) is 5.91 Å². The topological polar surface area (TPSA) is 46.2 Å². The highest BCUT2D eigenvalue weighted by Crippen LogP contribution is 2.21. The maximum atomic E-state index is 12.2. The number of para-hydroxylation sites is 1. The van der Waals surface area contributed by atoms with Gasteiger partial charge in [-0.15, -0.1) is 0 Å². The van der Waals surface area contributed by atoms with Gasteiger partial charge in [-0.05, 0) is 37.3 Å². The number of carbonyl (C=O) groups excluding carboxylic acids is 2. The monoisotopic (exact) mass is 351 g/mol. The minimum absolute atomic E-state index is 0.104. The summed E-state index contributed by atoms with van der Waals surface area (Å²) in [6, 6.07) is 11.8. The smallest absolute Gasteiger partial charge is 0.255 e. The summed E-state index contributed by atoms with van der Waals surface area (Å²) in [7, 11) is 0. The molecule has 20 heavy (non-hydrogen) atoms. The summed E-state index contributed by atoms with van der Waals surface area (Å²) in [5, 5.41) is 3.19. The first-order valence-electron chi connectivity index (χ1n) is 5.85. The summed E-state index contributed by atoms with van der Waals surface area (Å²) < 4.78 is 0.718. The molecule has 5 heteroatoms. The van der Waals surface area contributed by atoms with E-state index in [-0.39, 0.29) is 11.7 Å². The Morgan fingerprint density at radius 1 is 1.15 bits per heavy atom. The molecule has 0 saturated heterocycles. The zero-order valence-electron chi connectivity index (χ0n) is 10.6. The van der Waals surface area contributed by atoms with E-state index in [9.17, 15) is 9.59 Å². The van der Waals surface area contributed by atoms with Gasteiger partial charge in [0.05, 0.1) is 5.69 Å². The largest absolute Gasteiger partial charge is 0.321 e. The van der Waals surface area contributed by atoms with Crippen LogP contribution in [-0.2, 0) is 0 Å². The van der Waals surface area contributed by atoms with E-state index in [2.05, 4.69) is 21.2 Å². The van der Waals surface area contributed by atoms with Crippen molar-refractivity contribution < 1.29 is 9.59 Å². The Hall–Kier alpha value is -1.65. The van der Waals surface area contributed by atoms with Crippen molar-refractivity contribution in [1.29, 1.82) is 0 Å². The molecule has 0 unspecified atom stereocenters. The summed E-state index contributed by atoms with van der Waals surface area (Å²) in [5.41, 5.74) is 1.38. The molecule has 0 spiro atoms. The van der Waals surface area contributed by atoms with E-state index in [0.717, 1.165) is 4.47 Å². The van der Waals surface area contributed by atoms with Crippen molar-refractivity contribution in [3.05, 3.63) is 63.1 Å².